The molecule has 0 amide bonds. The molecule has 0 aliphatic heterocycles. The zero-order valence-corrected chi connectivity index (χ0v) is 8.48. The number of fused-ring (bicyclic) bond motifs is 1. The van der Waals surface area contributed by atoms with Gasteiger partial charge in [0.25, 0.3) is 0 Å². The van der Waals surface area contributed by atoms with Gasteiger partial charge in [-0.15, -0.1) is 0 Å². The fourth-order valence-electron chi connectivity index (χ4n) is 2.30. The highest BCUT2D eigenvalue weighted by atomic mass is 15.0. The lowest BCUT2D eigenvalue weighted by Crippen LogP contribution is -2.17. The molecule has 1 aromatic heterocycles. The number of nitrogens with zero attached hydrogens (tertiary/aromatic N) is 2. The molecule has 0 spiro atoms. The molecule has 0 saturated heterocycles. The second-order valence-electron chi connectivity index (χ2n) is 4.15. The summed E-state index contributed by atoms with van der Waals surface area (Å²) in [4.78, 5) is 0. The van der Waals surface area contributed by atoms with E-state index in [1.165, 1.54) is 30.2 Å². The second kappa shape index (κ2) is 3.13. The lowest BCUT2D eigenvalue weighted by molar-refractivity contribution is 0.320. The minimum atomic E-state index is 0.555. The highest BCUT2D eigenvalue weighted by Crippen LogP contribution is 2.36. The van der Waals surface area contributed by atoms with Crippen molar-refractivity contribution in [3.8, 4) is 6.07 Å². The summed E-state index contributed by atoms with van der Waals surface area (Å²) in [6.07, 6.45) is 3.72. The van der Waals surface area contributed by atoms with E-state index in [9.17, 15) is 0 Å². The second-order valence-corrected chi connectivity index (χ2v) is 4.15. The highest BCUT2D eigenvalue weighted by Gasteiger charge is 2.23. The average molecular weight is 196 g/mol. The minimum absolute atomic E-state index is 0.555. The molecule has 2 nitrogen and oxygen atoms in total. The molecular weight excluding hydrogens is 184 g/mol. The molecule has 0 bridgehead atoms. The molecule has 1 fully saturated rings. The SMILES string of the molecule is N#Cc1cc2ccccc2n1C1CCC1. The van der Waals surface area contributed by atoms with Crippen LogP contribution in [0.4, 0.5) is 0 Å². The van der Waals surface area contributed by atoms with Crippen LogP contribution in [0, 0.1) is 11.3 Å². The summed E-state index contributed by atoms with van der Waals surface area (Å²) in [7, 11) is 0. The summed E-state index contributed by atoms with van der Waals surface area (Å²) >= 11 is 0. The number of aromatic nitrogens is 1. The van der Waals surface area contributed by atoms with Crippen LogP contribution in [0.5, 0.6) is 0 Å². The fourth-order valence-corrected chi connectivity index (χ4v) is 2.30. The minimum Gasteiger partial charge on any atom is -0.329 e. The van der Waals surface area contributed by atoms with Crippen LogP contribution in [0.3, 0.4) is 0 Å². The predicted octanol–water partition coefficient (Wildman–Crippen LogP) is 3.24. The fraction of sp³-hybridized carbons (Fsp3) is 0.308. The summed E-state index contributed by atoms with van der Waals surface area (Å²) in [6, 6.07) is 13.1. The number of hydrogen-bond acceptors (Lipinski definition) is 1. The van der Waals surface area contributed by atoms with Crippen molar-refractivity contribution < 1.29 is 0 Å². The van der Waals surface area contributed by atoms with Gasteiger partial charge in [-0.05, 0) is 31.4 Å². The van der Waals surface area contributed by atoms with Gasteiger partial charge in [0, 0.05) is 16.9 Å². The van der Waals surface area contributed by atoms with Crippen LogP contribution in [0.15, 0.2) is 30.3 Å². The maximum Gasteiger partial charge on any atom is 0.121 e. The van der Waals surface area contributed by atoms with Crippen molar-refractivity contribution in [2.45, 2.75) is 25.3 Å². The molecule has 2 aromatic rings. The topological polar surface area (TPSA) is 28.7 Å². The van der Waals surface area contributed by atoms with Crippen molar-refractivity contribution in [3.63, 3.8) is 0 Å². The summed E-state index contributed by atoms with van der Waals surface area (Å²) in [5.41, 5.74) is 2.01. The lowest BCUT2D eigenvalue weighted by atomic mass is 9.92. The third-order valence-corrected chi connectivity index (χ3v) is 3.30. The van der Waals surface area contributed by atoms with E-state index in [-0.39, 0.29) is 0 Å². The van der Waals surface area contributed by atoms with E-state index in [0.717, 1.165) is 5.69 Å². The monoisotopic (exact) mass is 196 g/mol. The maximum absolute atomic E-state index is 9.12. The highest BCUT2D eigenvalue weighted by molar-refractivity contribution is 5.82. The van der Waals surface area contributed by atoms with Crippen LogP contribution in [0.25, 0.3) is 10.9 Å². The molecule has 1 aliphatic carbocycles. The molecule has 0 N–H and O–H groups in total. The van der Waals surface area contributed by atoms with Crippen LogP contribution in [-0.4, -0.2) is 4.57 Å². The number of para-hydroxylation sites is 1. The van der Waals surface area contributed by atoms with E-state index in [4.69, 9.17) is 5.26 Å². The third-order valence-electron chi connectivity index (χ3n) is 3.30. The van der Waals surface area contributed by atoms with Gasteiger partial charge in [0.2, 0.25) is 0 Å². The smallest absolute Gasteiger partial charge is 0.121 e. The zero-order chi connectivity index (χ0) is 10.3. The van der Waals surface area contributed by atoms with Crippen molar-refractivity contribution in [2.75, 3.05) is 0 Å². The van der Waals surface area contributed by atoms with Gasteiger partial charge in [-0.3, -0.25) is 0 Å². The lowest BCUT2D eigenvalue weighted by Gasteiger charge is -2.28. The number of hydrogen-bond donors (Lipinski definition) is 0. The van der Waals surface area contributed by atoms with Crippen molar-refractivity contribution in [2.24, 2.45) is 0 Å². The molecule has 1 aliphatic rings. The standard InChI is InChI=1S/C13H12N2/c14-9-12-8-10-4-1-2-7-13(10)15(12)11-5-3-6-11/h1-2,4,7-8,11H,3,5-6H2. The Bertz CT molecular complexity index is 541. The quantitative estimate of drug-likeness (QED) is 0.688. The Kier molecular flexibility index (Phi) is 1.78. The molecule has 74 valence electrons. The van der Waals surface area contributed by atoms with Gasteiger partial charge >= 0.3 is 0 Å². The Morgan fingerprint density at radius 2 is 2.07 bits per heavy atom. The van der Waals surface area contributed by atoms with Gasteiger partial charge in [-0.1, -0.05) is 18.2 Å². The molecule has 0 unspecified atom stereocenters. The van der Waals surface area contributed by atoms with Crippen LogP contribution < -0.4 is 0 Å². The Hall–Kier alpha value is -1.75. The molecular formula is C13H12N2. The van der Waals surface area contributed by atoms with Crippen LogP contribution in [0.2, 0.25) is 0 Å². The Balaban J connectivity index is 2.28. The predicted molar refractivity (Wildman–Crippen MR) is 59.5 cm³/mol. The average Bonchev–Trinajstić information content (AvgIpc) is 2.55. The Morgan fingerprint density at radius 1 is 1.27 bits per heavy atom. The summed E-state index contributed by atoms with van der Waals surface area (Å²) in [6.45, 7) is 0. The summed E-state index contributed by atoms with van der Waals surface area (Å²) in [5, 5.41) is 10.3. The molecule has 1 saturated carbocycles. The van der Waals surface area contributed by atoms with Crippen molar-refractivity contribution in [3.05, 3.63) is 36.0 Å². The van der Waals surface area contributed by atoms with Gasteiger partial charge in [-0.25, -0.2) is 0 Å². The Labute approximate surface area is 88.7 Å². The molecule has 1 heterocycles. The first-order chi connectivity index (χ1) is 7.40. The van der Waals surface area contributed by atoms with Crippen molar-refractivity contribution in [1.82, 2.24) is 4.57 Å². The molecule has 1 aromatic carbocycles. The van der Waals surface area contributed by atoms with E-state index in [1.807, 2.05) is 18.2 Å². The summed E-state index contributed by atoms with van der Waals surface area (Å²) in [5.74, 6) is 0. The first-order valence-electron chi connectivity index (χ1n) is 5.40. The normalized spacial score (nSPS) is 16.2. The molecule has 0 atom stereocenters. The zero-order valence-electron chi connectivity index (χ0n) is 8.48. The van der Waals surface area contributed by atoms with E-state index in [1.54, 1.807) is 0 Å². The van der Waals surface area contributed by atoms with Gasteiger partial charge in [0.15, 0.2) is 0 Å². The van der Waals surface area contributed by atoms with Crippen LogP contribution in [0.1, 0.15) is 31.0 Å². The van der Waals surface area contributed by atoms with E-state index >= 15 is 0 Å². The van der Waals surface area contributed by atoms with Gasteiger partial charge in [0.1, 0.15) is 11.8 Å². The van der Waals surface area contributed by atoms with Crippen molar-refractivity contribution in [1.29, 1.82) is 5.26 Å². The van der Waals surface area contributed by atoms with Crippen molar-refractivity contribution >= 4 is 10.9 Å². The molecule has 2 heteroatoms. The number of nitriles is 1. The van der Waals surface area contributed by atoms with Gasteiger partial charge < -0.3 is 4.57 Å². The largest absolute Gasteiger partial charge is 0.329 e. The van der Waals surface area contributed by atoms with Crippen LogP contribution >= 0.6 is 0 Å². The summed E-state index contributed by atoms with van der Waals surface area (Å²) < 4.78 is 2.21. The number of benzene rings is 1. The van der Waals surface area contributed by atoms with E-state index in [2.05, 4.69) is 22.8 Å². The molecule has 15 heavy (non-hydrogen) atoms. The van der Waals surface area contributed by atoms with Gasteiger partial charge in [0.05, 0.1) is 0 Å². The van der Waals surface area contributed by atoms with Crippen LogP contribution in [-0.2, 0) is 0 Å². The van der Waals surface area contributed by atoms with Gasteiger partial charge in [-0.2, -0.15) is 5.26 Å². The first-order valence-corrected chi connectivity index (χ1v) is 5.40. The van der Waals surface area contributed by atoms with E-state index in [0.29, 0.717) is 6.04 Å². The maximum atomic E-state index is 9.12. The molecule has 0 radical (unpaired) electrons. The first kappa shape index (κ1) is 8.55. The Morgan fingerprint density at radius 3 is 2.73 bits per heavy atom. The number of rotatable bonds is 1. The molecule has 3 rings (SSSR count). The van der Waals surface area contributed by atoms with E-state index < -0.39 is 0 Å². The third kappa shape index (κ3) is 1.16.